The van der Waals surface area contributed by atoms with Crippen molar-refractivity contribution >= 4 is 5.69 Å². The number of nitro groups is 1. The highest BCUT2D eigenvalue weighted by atomic mass is 16.6. The summed E-state index contributed by atoms with van der Waals surface area (Å²) in [6.07, 6.45) is 0.983. The van der Waals surface area contributed by atoms with Crippen molar-refractivity contribution in [3.05, 3.63) is 75.3 Å². The van der Waals surface area contributed by atoms with E-state index < -0.39 is 4.92 Å². The van der Waals surface area contributed by atoms with Crippen molar-refractivity contribution in [2.75, 3.05) is 6.61 Å². The van der Waals surface area contributed by atoms with Crippen LogP contribution in [0.1, 0.15) is 42.6 Å². The molecule has 0 spiro atoms. The molecular weight excluding hydrogens is 292 g/mol. The highest BCUT2D eigenvalue weighted by molar-refractivity contribution is 5.34. The molecule has 0 radical (unpaired) electrons. The van der Waals surface area contributed by atoms with Gasteiger partial charge in [-0.1, -0.05) is 43.3 Å². The molecule has 0 fully saturated rings. The Morgan fingerprint density at radius 3 is 2.13 bits per heavy atom. The average molecular weight is 314 g/mol. The van der Waals surface area contributed by atoms with E-state index in [0.717, 1.165) is 17.5 Å². The van der Waals surface area contributed by atoms with Gasteiger partial charge in [-0.25, -0.2) is 0 Å². The molecule has 0 aliphatic carbocycles. The van der Waals surface area contributed by atoms with Gasteiger partial charge >= 0.3 is 0 Å². The number of rotatable bonds is 7. The summed E-state index contributed by atoms with van der Waals surface area (Å²) in [5.41, 5.74) is 3.31. The van der Waals surface area contributed by atoms with Crippen LogP contribution >= 0.6 is 0 Å². The fourth-order valence-corrected chi connectivity index (χ4v) is 2.52. The van der Waals surface area contributed by atoms with E-state index in [4.69, 9.17) is 0 Å². The molecule has 2 aromatic rings. The molecule has 0 amide bonds. The molecule has 2 atom stereocenters. The average Bonchev–Trinajstić information content (AvgIpc) is 2.59. The molecule has 0 aromatic heterocycles. The van der Waals surface area contributed by atoms with Crippen LogP contribution in [0.15, 0.2) is 48.5 Å². The first-order valence-corrected chi connectivity index (χ1v) is 7.75. The van der Waals surface area contributed by atoms with Gasteiger partial charge in [0, 0.05) is 18.2 Å². The lowest BCUT2D eigenvalue weighted by Gasteiger charge is -2.22. The fraction of sp³-hybridized carbons (Fsp3) is 0.333. The number of nitro benzene ring substituents is 1. The van der Waals surface area contributed by atoms with E-state index in [1.165, 1.54) is 17.7 Å². The van der Waals surface area contributed by atoms with Gasteiger partial charge in [0.2, 0.25) is 0 Å². The fourth-order valence-electron chi connectivity index (χ4n) is 2.52. The first-order chi connectivity index (χ1) is 11.0. The van der Waals surface area contributed by atoms with E-state index in [1.807, 2.05) is 19.1 Å². The molecule has 0 aliphatic heterocycles. The van der Waals surface area contributed by atoms with Crippen LogP contribution < -0.4 is 5.32 Å². The van der Waals surface area contributed by atoms with E-state index >= 15 is 0 Å². The van der Waals surface area contributed by atoms with Crippen molar-refractivity contribution in [2.24, 2.45) is 0 Å². The molecule has 2 N–H and O–H groups in total. The van der Waals surface area contributed by atoms with Crippen LogP contribution in [0.25, 0.3) is 0 Å². The number of nitrogens with one attached hydrogen (secondary N) is 1. The van der Waals surface area contributed by atoms with Gasteiger partial charge in [-0.15, -0.1) is 0 Å². The van der Waals surface area contributed by atoms with Crippen molar-refractivity contribution in [1.29, 1.82) is 0 Å². The third-order valence-corrected chi connectivity index (χ3v) is 4.03. The molecule has 23 heavy (non-hydrogen) atoms. The molecular formula is C18H22N2O3. The largest absolute Gasteiger partial charge is 0.394 e. The van der Waals surface area contributed by atoms with E-state index in [2.05, 4.69) is 24.4 Å². The van der Waals surface area contributed by atoms with Gasteiger partial charge in [0.15, 0.2) is 0 Å². The Hall–Kier alpha value is -2.24. The van der Waals surface area contributed by atoms with Gasteiger partial charge in [-0.3, -0.25) is 10.1 Å². The number of aliphatic hydroxyl groups excluding tert-OH is 1. The topological polar surface area (TPSA) is 75.4 Å². The van der Waals surface area contributed by atoms with E-state index in [9.17, 15) is 15.2 Å². The second kappa shape index (κ2) is 7.85. The van der Waals surface area contributed by atoms with Gasteiger partial charge in [-0.05, 0) is 30.0 Å². The van der Waals surface area contributed by atoms with Crippen LogP contribution in [0.4, 0.5) is 5.69 Å². The maximum Gasteiger partial charge on any atom is 0.269 e. The molecule has 122 valence electrons. The molecule has 5 nitrogen and oxygen atoms in total. The number of aryl methyl sites for hydroxylation is 1. The Morgan fingerprint density at radius 2 is 1.65 bits per heavy atom. The second-order valence-electron chi connectivity index (χ2n) is 5.57. The summed E-state index contributed by atoms with van der Waals surface area (Å²) in [5.74, 6) is 0. The highest BCUT2D eigenvalue weighted by Crippen LogP contribution is 2.22. The normalized spacial score (nSPS) is 13.5. The van der Waals surface area contributed by atoms with Crippen molar-refractivity contribution in [3.63, 3.8) is 0 Å². The number of benzene rings is 2. The van der Waals surface area contributed by atoms with Crippen LogP contribution in [0, 0.1) is 10.1 Å². The van der Waals surface area contributed by atoms with E-state index in [-0.39, 0.29) is 24.4 Å². The smallest absolute Gasteiger partial charge is 0.269 e. The summed E-state index contributed by atoms with van der Waals surface area (Å²) in [6, 6.07) is 14.4. The molecule has 0 saturated heterocycles. The zero-order valence-corrected chi connectivity index (χ0v) is 13.4. The van der Waals surface area contributed by atoms with Crippen LogP contribution in [0.3, 0.4) is 0 Å². The van der Waals surface area contributed by atoms with E-state index in [1.54, 1.807) is 12.1 Å². The summed E-state index contributed by atoms with van der Waals surface area (Å²) in [7, 11) is 0. The Balaban J connectivity index is 2.09. The minimum absolute atomic E-state index is 0.0111. The second-order valence-corrected chi connectivity index (χ2v) is 5.57. The predicted octanol–water partition coefficient (Wildman–Crippen LogP) is 3.54. The van der Waals surface area contributed by atoms with Crippen molar-refractivity contribution in [2.45, 2.75) is 32.4 Å². The Labute approximate surface area is 136 Å². The number of nitrogens with zero attached hydrogens (tertiary/aromatic N) is 1. The molecule has 5 heteroatoms. The Morgan fingerprint density at radius 1 is 1.09 bits per heavy atom. The minimum atomic E-state index is -0.409. The van der Waals surface area contributed by atoms with Crippen LogP contribution in [-0.4, -0.2) is 16.6 Å². The minimum Gasteiger partial charge on any atom is -0.394 e. The van der Waals surface area contributed by atoms with Gasteiger partial charge in [0.1, 0.15) is 0 Å². The third-order valence-electron chi connectivity index (χ3n) is 4.03. The summed E-state index contributed by atoms with van der Waals surface area (Å²) >= 11 is 0. The molecule has 0 aliphatic rings. The standard InChI is InChI=1S/C18H22N2O3/c1-3-14-4-6-16(7-5-14)18(12-21)19-13(2)15-8-10-17(11-9-15)20(22)23/h4-11,13,18-19,21H,3,12H2,1-2H3. The Kier molecular flexibility index (Phi) is 5.84. The number of non-ortho nitro benzene ring substituents is 1. The first-order valence-electron chi connectivity index (χ1n) is 7.75. The van der Waals surface area contributed by atoms with E-state index in [0.29, 0.717) is 0 Å². The van der Waals surface area contributed by atoms with Crippen molar-refractivity contribution < 1.29 is 10.0 Å². The maximum atomic E-state index is 10.7. The van der Waals surface area contributed by atoms with Crippen molar-refractivity contribution in [3.8, 4) is 0 Å². The summed E-state index contributed by atoms with van der Waals surface area (Å²) in [4.78, 5) is 10.3. The SMILES string of the molecule is CCc1ccc(C(CO)NC(C)c2ccc([N+](=O)[O-])cc2)cc1. The molecule has 0 saturated carbocycles. The Bertz CT molecular complexity index is 638. The molecule has 2 unspecified atom stereocenters. The van der Waals surface area contributed by atoms with Crippen molar-refractivity contribution in [1.82, 2.24) is 5.32 Å². The molecule has 2 rings (SSSR count). The van der Waals surface area contributed by atoms with Crippen LogP contribution in [0.2, 0.25) is 0 Å². The lowest BCUT2D eigenvalue weighted by molar-refractivity contribution is -0.384. The van der Waals surface area contributed by atoms with Gasteiger partial charge < -0.3 is 10.4 Å². The zero-order chi connectivity index (χ0) is 16.8. The maximum absolute atomic E-state index is 10.7. The number of aliphatic hydroxyl groups is 1. The lowest BCUT2D eigenvalue weighted by atomic mass is 10.0. The number of hydrogen-bond acceptors (Lipinski definition) is 4. The summed E-state index contributed by atoms with van der Waals surface area (Å²) < 4.78 is 0. The van der Waals surface area contributed by atoms with Crippen LogP contribution in [-0.2, 0) is 6.42 Å². The quantitative estimate of drug-likeness (QED) is 0.605. The monoisotopic (exact) mass is 314 g/mol. The zero-order valence-electron chi connectivity index (χ0n) is 13.4. The van der Waals surface area contributed by atoms with Crippen LogP contribution in [0.5, 0.6) is 0 Å². The third kappa shape index (κ3) is 4.37. The summed E-state index contributed by atoms with van der Waals surface area (Å²) in [5, 5.41) is 23.7. The van der Waals surface area contributed by atoms with Gasteiger partial charge in [-0.2, -0.15) is 0 Å². The number of hydrogen-bond donors (Lipinski definition) is 2. The summed E-state index contributed by atoms with van der Waals surface area (Å²) in [6.45, 7) is 4.07. The van der Waals surface area contributed by atoms with Gasteiger partial charge in [0.05, 0.1) is 17.6 Å². The predicted molar refractivity (Wildman–Crippen MR) is 90.3 cm³/mol. The lowest BCUT2D eigenvalue weighted by Crippen LogP contribution is -2.27. The molecule has 2 aromatic carbocycles. The van der Waals surface area contributed by atoms with Gasteiger partial charge in [0.25, 0.3) is 5.69 Å². The highest BCUT2D eigenvalue weighted by Gasteiger charge is 2.15. The molecule has 0 heterocycles. The first kappa shape index (κ1) is 17.1. The molecule has 0 bridgehead atoms.